The number of carbonyl (C=O) groups excluding carboxylic acids is 1. The Morgan fingerprint density at radius 2 is 2.00 bits per heavy atom. The Hall–Kier alpha value is -2.47. The number of benzene rings is 1. The molecule has 3 aromatic rings. The number of nitrogens with zero attached hydrogens (tertiary/aromatic N) is 3. The van der Waals surface area contributed by atoms with Crippen LogP contribution in [0.25, 0.3) is 5.69 Å². The zero-order chi connectivity index (χ0) is 14.7. The summed E-state index contributed by atoms with van der Waals surface area (Å²) in [5.41, 5.74) is 1.99. The van der Waals surface area contributed by atoms with Crippen molar-refractivity contribution in [1.82, 2.24) is 14.8 Å². The fourth-order valence-electron chi connectivity index (χ4n) is 1.90. The Balaban J connectivity index is 1.88. The van der Waals surface area contributed by atoms with Gasteiger partial charge in [-0.2, -0.15) is 5.10 Å². The lowest BCUT2D eigenvalue weighted by Crippen LogP contribution is -2.14. The molecule has 0 saturated heterocycles. The molecule has 1 amide bonds. The highest BCUT2D eigenvalue weighted by molar-refractivity contribution is 9.10. The van der Waals surface area contributed by atoms with E-state index >= 15 is 0 Å². The van der Waals surface area contributed by atoms with Crippen LogP contribution >= 0.6 is 15.9 Å². The van der Waals surface area contributed by atoms with Crippen molar-refractivity contribution in [2.45, 2.75) is 0 Å². The second-order valence-electron chi connectivity index (χ2n) is 4.29. The molecule has 0 bridgehead atoms. The second-order valence-corrected chi connectivity index (χ2v) is 5.10. The van der Waals surface area contributed by atoms with Crippen molar-refractivity contribution in [1.29, 1.82) is 0 Å². The van der Waals surface area contributed by atoms with Crippen LogP contribution in [0, 0.1) is 0 Å². The third-order valence-corrected chi connectivity index (χ3v) is 3.36. The Bertz CT molecular complexity index is 754. The van der Waals surface area contributed by atoms with Crippen molar-refractivity contribution in [3.8, 4) is 5.69 Å². The fourth-order valence-corrected chi connectivity index (χ4v) is 2.13. The number of nitrogens with one attached hydrogen (secondary N) is 1. The first-order valence-electron chi connectivity index (χ1n) is 6.26. The van der Waals surface area contributed by atoms with Crippen LogP contribution in [0.1, 0.15) is 10.4 Å². The van der Waals surface area contributed by atoms with Crippen LogP contribution in [0.3, 0.4) is 0 Å². The first kappa shape index (κ1) is 13.5. The Labute approximate surface area is 129 Å². The Kier molecular flexibility index (Phi) is 3.79. The zero-order valence-corrected chi connectivity index (χ0v) is 12.5. The molecule has 2 aromatic heterocycles. The number of hydrogen-bond acceptors (Lipinski definition) is 3. The zero-order valence-electron chi connectivity index (χ0n) is 10.9. The first-order chi connectivity index (χ1) is 10.2. The van der Waals surface area contributed by atoms with E-state index in [9.17, 15) is 4.79 Å². The summed E-state index contributed by atoms with van der Waals surface area (Å²) >= 11 is 3.24. The van der Waals surface area contributed by atoms with Crippen LogP contribution in [0.4, 0.5) is 5.69 Å². The van der Waals surface area contributed by atoms with Crippen molar-refractivity contribution in [2.75, 3.05) is 5.32 Å². The lowest BCUT2D eigenvalue weighted by molar-refractivity contribution is 0.102. The number of carbonyl (C=O) groups is 1. The molecule has 1 aromatic carbocycles. The van der Waals surface area contributed by atoms with Gasteiger partial charge < -0.3 is 5.32 Å². The van der Waals surface area contributed by atoms with Crippen molar-refractivity contribution in [3.05, 3.63) is 71.2 Å². The van der Waals surface area contributed by atoms with Crippen LogP contribution < -0.4 is 5.32 Å². The van der Waals surface area contributed by atoms with Crippen molar-refractivity contribution in [2.24, 2.45) is 0 Å². The minimum Gasteiger partial charge on any atom is -0.320 e. The average molecular weight is 343 g/mol. The van der Waals surface area contributed by atoms with E-state index in [-0.39, 0.29) is 5.91 Å². The summed E-state index contributed by atoms with van der Waals surface area (Å²) in [6.07, 6.45) is 5.04. The van der Waals surface area contributed by atoms with Gasteiger partial charge in [-0.1, -0.05) is 12.1 Å². The molecule has 2 heterocycles. The molecule has 0 aliphatic rings. The Morgan fingerprint density at radius 3 is 2.71 bits per heavy atom. The normalized spacial score (nSPS) is 10.3. The van der Waals surface area contributed by atoms with E-state index in [4.69, 9.17) is 0 Å². The minimum absolute atomic E-state index is 0.213. The highest BCUT2D eigenvalue weighted by atomic mass is 79.9. The number of para-hydroxylation sites is 2. The fraction of sp³-hybridized carbons (Fsp3) is 0. The molecular weight excluding hydrogens is 332 g/mol. The molecule has 0 fully saturated rings. The quantitative estimate of drug-likeness (QED) is 0.743. The number of halogens is 1. The maximum atomic E-state index is 12.3. The summed E-state index contributed by atoms with van der Waals surface area (Å²) in [6.45, 7) is 0. The largest absolute Gasteiger partial charge is 0.320 e. The number of rotatable bonds is 3. The van der Waals surface area contributed by atoms with Gasteiger partial charge in [0, 0.05) is 18.6 Å². The molecule has 6 heteroatoms. The maximum absolute atomic E-state index is 12.3. The van der Waals surface area contributed by atoms with E-state index in [2.05, 4.69) is 31.3 Å². The van der Waals surface area contributed by atoms with E-state index in [1.165, 1.54) is 6.20 Å². The lowest BCUT2D eigenvalue weighted by atomic mass is 10.2. The monoisotopic (exact) mass is 342 g/mol. The summed E-state index contributed by atoms with van der Waals surface area (Å²) < 4.78 is 2.39. The smallest absolute Gasteiger partial charge is 0.257 e. The summed E-state index contributed by atoms with van der Waals surface area (Å²) in [6, 6.07) is 12.8. The number of hydrogen-bond donors (Lipinski definition) is 1. The predicted octanol–water partition coefficient (Wildman–Crippen LogP) is 3.28. The molecule has 0 aliphatic carbocycles. The summed E-state index contributed by atoms with van der Waals surface area (Å²) in [5.74, 6) is -0.213. The van der Waals surface area contributed by atoms with Crippen LogP contribution in [-0.2, 0) is 0 Å². The molecule has 0 atom stereocenters. The standard InChI is InChI=1S/C15H11BrN4O/c16-14-7-6-11(10-17-14)15(21)19-12-4-1-2-5-13(12)20-9-3-8-18-20/h1-10H,(H,19,21). The van der Waals surface area contributed by atoms with Crippen LogP contribution in [0.5, 0.6) is 0 Å². The van der Waals surface area contributed by atoms with Crippen LogP contribution in [-0.4, -0.2) is 20.7 Å². The van der Waals surface area contributed by atoms with Crippen LogP contribution in [0.2, 0.25) is 0 Å². The summed E-state index contributed by atoms with van der Waals surface area (Å²) in [4.78, 5) is 16.3. The molecule has 3 rings (SSSR count). The second kappa shape index (κ2) is 5.88. The molecule has 0 radical (unpaired) electrons. The number of amides is 1. The third-order valence-electron chi connectivity index (χ3n) is 2.89. The molecule has 0 saturated carbocycles. The first-order valence-corrected chi connectivity index (χ1v) is 7.05. The molecule has 0 aliphatic heterocycles. The highest BCUT2D eigenvalue weighted by Crippen LogP contribution is 2.20. The van der Waals surface area contributed by atoms with E-state index < -0.39 is 0 Å². The number of aromatic nitrogens is 3. The van der Waals surface area contributed by atoms with Gasteiger partial charge in [0.1, 0.15) is 4.60 Å². The van der Waals surface area contributed by atoms with Gasteiger partial charge in [-0.3, -0.25) is 4.79 Å². The van der Waals surface area contributed by atoms with Crippen LogP contribution in [0.15, 0.2) is 65.7 Å². The van der Waals surface area contributed by atoms with Crippen molar-refractivity contribution >= 4 is 27.5 Å². The SMILES string of the molecule is O=C(Nc1ccccc1-n1cccn1)c1ccc(Br)nc1. The van der Waals surface area contributed by atoms with Gasteiger partial charge in [0.2, 0.25) is 0 Å². The molecule has 1 N–H and O–H groups in total. The third kappa shape index (κ3) is 3.00. The van der Waals surface area contributed by atoms with Gasteiger partial charge >= 0.3 is 0 Å². The van der Waals surface area contributed by atoms with Gasteiger partial charge in [0.15, 0.2) is 0 Å². The van der Waals surface area contributed by atoms with Gasteiger partial charge in [0.05, 0.1) is 16.9 Å². The number of anilines is 1. The van der Waals surface area contributed by atoms with E-state index in [0.29, 0.717) is 15.9 Å². The Morgan fingerprint density at radius 1 is 1.14 bits per heavy atom. The molecule has 0 unspecified atom stereocenters. The highest BCUT2D eigenvalue weighted by Gasteiger charge is 2.10. The molecular formula is C15H11BrN4O. The summed E-state index contributed by atoms with van der Waals surface area (Å²) in [7, 11) is 0. The van der Waals surface area contributed by atoms with Crippen molar-refractivity contribution in [3.63, 3.8) is 0 Å². The van der Waals surface area contributed by atoms with E-state index in [1.807, 2.05) is 36.5 Å². The summed E-state index contributed by atoms with van der Waals surface area (Å²) in [5, 5.41) is 7.07. The average Bonchev–Trinajstić information content (AvgIpc) is 3.02. The van der Waals surface area contributed by atoms with Gasteiger partial charge in [-0.25, -0.2) is 9.67 Å². The van der Waals surface area contributed by atoms with E-state index in [0.717, 1.165) is 5.69 Å². The molecule has 21 heavy (non-hydrogen) atoms. The molecule has 104 valence electrons. The predicted molar refractivity (Wildman–Crippen MR) is 83.5 cm³/mol. The van der Waals surface area contributed by atoms with Gasteiger partial charge in [-0.05, 0) is 46.3 Å². The van der Waals surface area contributed by atoms with Crippen molar-refractivity contribution < 1.29 is 4.79 Å². The van der Waals surface area contributed by atoms with Gasteiger partial charge in [-0.15, -0.1) is 0 Å². The number of pyridine rings is 1. The molecule has 5 nitrogen and oxygen atoms in total. The maximum Gasteiger partial charge on any atom is 0.257 e. The van der Waals surface area contributed by atoms with Gasteiger partial charge in [0.25, 0.3) is 5.91 Å². The topological polar surface area (TPSA) is 59.8 Å². The minimum atomic E-state index is -0.213. The lowest BCUT2D eigenvalue weighted by Gasteiger charge is -2.10. The van der Waals surface area contributed by atoms with E-state index in [1.54, 1.807) is 23.0 Å². The molecule has 0 spiro atoms.